The van der Waals surface area contributed by atoms with E-state index in [0.717, 1.165) is 56.7 Å². The predicted molar refractivity (Wildman–Crippen MR) is 103 cm³/mol. The topological polar surface area (TPSA) is 89.7 Å². The van der Waals surface area contributed by atoms with Gasteiger partial charge in [-0.1, -0.05) is 5.16 Å². The Hall–Kier alpha value is -2.61. The number of nitrogens with zero attached hydrogens (tertiary/aromatic N) is 3. The molecule has 4 rings (SSSR count). The van der Waals surface area contributed by atoms with E-state index in [1.54, 1.807) is 7.11 Å². The highest BCUT2D eigenvalue weighted by Gasteiger charge is 2.28. The van der Waals surface area contributed by atoms with Crippen LogP contribution in [0.4, 0.5) is 6.01 Å². The number of ether oxygens (including phenoxy) is 2. The maximum atomic E-state index is 12.4. The fourth-order valence-corrected chi connectivity index (χ4v) is 3.70. The third-order valence-corrected chi connectivity index (χ3v) is 5.43. The fourth-order valence-electron chi connectivity index (χ4n) is 3.70. The van der Waals surface area contributed by atoms with E-state index in [2.05, 4.69) is 15.5 Å². The van der Waals surface area contributed by atoms with Crippen LogP contribution in [-0.2, 0) is 9.53 Å². The van der Waals surface area contributed by atoms with Crippen molar-refractivity contribution in [3.8, 4) is 17.1 Å². The summed E-state index contributed by atoms with van der Waals surface area (Å²) >= 11 is 0. The number of hydrogen-bond donors (Lipinski definition) is 1. The van der Waals surface area contributed by atoms with Gasteiger partial charge in [0.25, 0.3) is 0 Å². The molecule has 3 heterocycles. The van der Waals surface area contributed by atoms with Crippen LogP contribution >= 0.6 is 0 Å². The first-order chi connectivity index (χ1) is 13.7. The Labute approximate surface area is 164 Å². The summed E-state index contributed by atoms with van der Waals surface area (Å²) in [7, 11) is 1.63. The van der Waals surface area contributed by atoms with Crippen LogP contribution in [-0.4, -0.2) is 55.5 Å². The van der Waals surface area contributed by atoms with Crippen molar-refractivity contribution in [3.63, 3.8) is 0 Å². The Morgan fingerprint density at radius 1 is 1.25 bits per heavy atom. The number of rotatable bonds is 6. The summed E-state index contributed by atoms with van der Waals surface area (Å²) in [6.45, 7) is 2.88. The van der Waals surface area contributed by atoms with Gasteiger partial charge in [-0.05, 0) is 49.9 Å². The van der Waals surface area contributed by atoms with E-state index >= 15 is 0 Å². The van der Waals surface area contributed by atoms with Crippen LogP contribution in [0.5, 0.6) is 5.75 Å². The van der Waals surface area contributed by atoms with Gasteiger partial charge in [0.05, 0.1) is 13.2 Å². The van der Waals surface area contributed by atoms with Gasteiger partial charge in [0.15, 0.2) is 0 Å². The molecule has 0 radical (unpaired) electrons. The molecule has 28 heavy (non-hydrogen) atoms. The van der Waals surface area contributed by atoms with Crippen LogP contribution in [0.3, 0.4) is 0 Å². The summed E-state index contributed by atoms with van der Waals surface area (Å²) in [6.07, 6.45) is 3.85. The summed E-state index contributed by atoms with van der Waals surface area (Å²) in [5.74, 6) is 1.49. The van der Waals surface area contributed by atoms with Crippen LogP contribution in [0.25, 0.3) is 11.4 Å². The number of hydrogen-bond acceptors (Lipinski definition) is 7. The standard InChI is InChI=1S/C20H26N4O4/c1-26-16-6-4-14(5-7-16)18-22-20(28-23-18)24-10-8-15(9-11-24)19(25)21-13-17-3-2-12-27-17/h4-7,15,17H,2-3,8-13H2,1H3,(H,21,25)/t17-/m0/s1. The molecular weight excluding hydrogens is 360 g/mol. The zero-order valence-corrected chi connectivity index (χ0v) is 16.1. The van der Waals surface area contributed by atoms with Crippen molar-refractivity contribution in [1.82, 2.24) is 15.5 Å². The van der Waals surface area contributed by atoms with Crippen molar-refractivity contribution < 1.29 is 18.8 Å². The second-order valence-corrected chi connectivity index (χ2v) is 7.27. The molecule has 2 fully saturated rings. The fraction of sp³-hybridized carbons (Fsp3) is 0.550. The molecule has 150 valence electrons. The first-order valence-corrected chi connectivity index (χ1v) is 9.85. The van der Waals surface area contributed by atoms with E-state index < -0.39 is 0 Å². The molecule has 8 nitrogen and oxygen atoms in total. The number of amides is 1. The molecule has 8 heteroatoms. The number of carbonyl (C=O) groups is 1. The Morgan fingerprint density at radius 3 is 2.71 bits per heavy atom. The molecule has 1 atom stereocenters. The first-order valence-electron chi connectivity index (χ1n) is 9.85. The van der Waals surface area contributed by atoms with E-state index in [4.69, 9.17) is 14.0 Å². The SMILES string of the molecule is COc1ccc(-c2noc(N3CCC(C(=O)NC[C@@H]4CCCO4)CC3)n2)cc1. The molecule has 0 saturated carbocycles. The number of aromatic nitrogens is 2. The van der Waals surface area contributed by atoms with Crippen molar-refractivity contribution in [2.24, 2.45) is 5.92 Å². The molecule has 1 aromatic carbocycles. The van der Waals surface area contributed by atoms with Gasteiger partial charge in [0.1, 0.15) is 5.75 Å². The van der Waals surface area contributed by atoms with Gasteiger partial charge in [-0.3, -0.25) is 4.79 Å². The molecule has 0 unspecified atom stereocenters. The lowest BCUT2D eigenvalue weighted by molar-refractivity contribution is -0.126. The molecular formula is C20H26N4O4. The van der Waals surface area contributed by atoms with Crippen LogP contribution in [0.2, 0.25) is 0 Å². The normalized spacial score (nSPS) is 20.3. The molecule has 0 aliphatic carbocycles. The summed E-state index contributed by atoms with van der Waals surface area (Å²) in [5.41, 5.74) is 0.874. The number of piperidine rings is 1. The summed E-state index contributed by atoms with van der Waals surface area (Å²) < 4.78 is 16.2. The number of methoxy groups -OCH3 is 1. The number of nitrogens with one attached hydrogen (secondary N) is 1. The van der Waals surface area contributed by atoms with Crippen LogP contribution < -0.4 is 15.0 Å². The van der Waals surface area contributed by atoms with Gasteiger partial charge in [0.2, 0.25) is 11.7 Å². The van der Waals surface area contributed by atoms with E-state index in [9.17, 15) is 4.79 Å². The molecule has 1 N–H and O–H groups in total. The van der Waals surface area contributed by atoms with Gasteiger partial charge in [0, 0.05) is 37.7 Å². The van der Waals surface area contributed by atoms with Crippen molar-refractivity contribution in [3.05, 3.63) is 24.3 Å². The molecule has 2 aliphatic rings. The lowest BCUT2D eigenvalue weighted by atomic mass is 9.96. The third-order valence-electron chi connectivity index (χ3n) is 5.43. The largest absolute Gasteiger partial charge is 0.497 e. The number of benzene rings is 1. The lowest BCUT2D eigenvalue weighted by Gasteiger charge is -2.29. The highest BCUT2D eigenvalue weighted by Crippen LogP contribution is 2.26. The van der Waals surface area contributed by atoms with E-state index in [-0.39, 0.29) is 17.9 Å². The van der Waals surface area contributed by atoms with Crippen molar-refractivity contribution in [1.29, 1.82) is 0 Å². The number of anilines is 1. The zero-order chi connectivity index (χ0) is 19.3. The first kappa shape index (κ1) is 18.7. The Balaban J connectivity index is 1.28. The average Bonchev–Trinajstić information content (AvgIpc) is 3.44. The van der Waals surface area contributed by atoms with Gasteiger partial charge in [-0.2, -0.15) is 4.98 Å². The number of carbonyl (C=O) groups excluding carboxylic acids is 1. The van der Waals surface area contributed by atoms with Gasteiger partial charge < -0.3 is 24.2 Å². The van der Waals surface area contributed by atoms with Crippen LogP contribution in [0.15, 0.2) is 28.8 Å². The van der Waals surface area contributed by atoms with Gasteiger partial charge in [-0.15, -0.1) is 0 Å². The van der Waals surface area contributed by atoms with Gasteiger partial charge in [-0.25, -0.2) is 0 Å². The zero-order valence-electron chi connectivity index (χ0n) is 16.1. The van der Waals surface area contributed by atoms with Gasteiger partial charge >= 0.3 is 6.01 Å². The smallest absolute Gasteiger partial charge is 0.324 e. The Kier molecular flexibility index (Phi) is 5.76. The monoisotopic (exact) mass is 386 g/mol. The molecule has 2 aliphatic heterocycles. The quantitative estimate of drug-likeness (QED) is 0.814. The maximum absolute atomic E-state index is 12.4. The highest BCUT2D eigenvalue weighted by molar-refractivity contribution is 5.79. The second-order valence-electron chi connectivity index (χ2n) is 7.27. The minimum absolute atomic E-state index is 0.0293. The molecule has 1 amide bonds. The second kappa shape index (κ2) is 8.60. The predicted octanol–water partition coefficient (Wildman–Crippen LogP) is 2.26. The molecule has 1 aromatic heterocycles. The van der Waals surface area contributed by atoms with E-state index in [1.807, 2.05) is 29.2 Å². The van der Waals surface area contributed by atoms with Crippen LogP contribution in [0.1, 0.15) is 25.7 Å². The summed E-state index contributed by atoms with van der Waals surface area (Å²) in [4.78, 5) is 18.9. The molecule has 0 bridgehead atoms. The molecule has 2 saturated heterocycles. The maximum Gasteiger partial charge on any atom is 0.324 e. The van der Waals surface area contributed by atoms with E-state index in [0.29, 0.717) is 18.4 Å². The molecule has 2 aromatic rings. The Bertz CT molecular complexity index is 778. The minimum Gasteiger partial charge on any atom is -0.497 e. The van der Waals surface area contributed by atoms with E-state index in [1.165, 1.54) is 0 Å². The molecule has 0 spiro atoms. The Morgan fingerprint density at radius 2 is 2.04 bits per heavy atom. The average molecular weight is 386 g/mol. The van der Waals surface area contributed by atoms with Crippen molar-refractivity contribution in [2.75, 3.05) is 38.3 Å². The van der Waals surface area contributed by atoms with Crippen molar-refractivity contribution >= 4 is 11.9 Å². The summed E-state index contributed by atoms with van der Waals surface area (Å²) in [5, 5.41) is 7.12. The third kappa shape index (κ3) is 4.27. The van der Waals surface area contributed by atoms with Crippen LogP contribution in [0, 0.1) is 5.92 Å². The highest BCUT2D eigenvalue weighted by atomic mass is 16.5. The summed E-state index contributed by atoms with van der Waals surface area (Å²) in [6, 6.07) is 8.04. The lowest BCUT2D eigenvalue weighted by Crippen LogP contribution is -2.42. The van der Waals surface area contributed by atoms with Crippen molar-refractivity contribution in [2.45, 2.75) is 31.8 Å². The minimum atomic E-state index is 0.0293.